The van der Waals surface area contributed by atoms with Crippen LogP contribution in [-0.4, -0.2) is 62.5 Å². The number of carbonyl (C=O) groups excluding carboxylic acids is 1. The van der Waals surface area contributed by atoms with Crippen molar-refractivity contribution in [1.29, 1.82) is 0 Å². The highest BCUT2D eigenvalue weighted by molar-refractivity contribution is 6.00. The maximum absolute atomic E-state index is 13.4. The predicted octanol–water partition coefficient (Wildman–Crippen LogP) is 3.88. The van der Waals surface area contributed by atoms with E-state index in [-0.39, 0.29) is 17.8 Å². The Balaban J connectivity index is 1.61. The first-order chi connectivity index (χ1) is 17.3. The summed E-state index contributed by atoms with van der Waals surface area (Å²) in [6, 6.07) is 9.11. The van der Waals surface area contributed by atoms with Crippen LogP contribution in [-0.2, 0) is 13.6 Å². The largest absolute Gasteiger partial charge is 0.494 e. The number of amides is 1. The molecule has 1 aliphatic rings. The Morgan fingerprint density at radius 1 is 1.28 bits per heavy atom. The van der Waals surface area contributed by atoms with E-state index in [2.05, 4.69) is 4.98 Å². The molecular formula is C26H31FN6O3. The molecule has 0 aliphatic carbocycles. The van der Waals surface area contributed by atoms with Gasteiger partial charge in [0.05, 0.1) is 18.3 Å². The van der Waals surface area contributed by atoms with E-state index in [0.717, 1.165) is 29.4 Å². The molecule has 0 saturated carbocycles. The number of benzene rings is 1. The van der Waals surface area contributed by atoms with Gasteiger partial charge in [0, 0.05) is 56.7 Å². The number of halogens is 1. The van der Waals surface area contributed by atoms with E-state index in [1.54, 1.807) is 24.1 Å². The third-order valence-corrected chi connectivity index (χ3v) is 6.69. The first kappa shape index (κ1) is 24.1. The quantitative estimate of drug-likeness (QED) is 0.437. The SMILES string of the molecule is CCn1c(-c2nc3cc(C(=O)N4CCCC(N)C4)cc(OC)c3n2C)cc2ccc(OC(C)F)nc21. The van der Waals surface area contributed by atoms with Gasteiger partial charge in [0.2, 0.25) is 12.2 Å². The standard InChI is InChI=1S/C26H31FN6O3/c1-5-33-20(12-16-8-9-22(30-24(16)33)36-15(2)27)25-29-19-11-17(13-21(35-4)23(19)31(25)3)26(34)32-10-6-7-18(28)14-32/h8-9,11-13,15,18H,5-7,10,14,28H2,1-4H3. The number of hydrogen-bond acceptors (Lipinski definition) is 6. The molecule has 1 aliphatic heterocycles. The summed E-state index contributed by atoms with van der Waals surface area (Å²) in [6.45, 7) is 5.20. The predicted molar refractivity (Wildman–Crippen MR) is 136 cm³/mol. The number of nitrogens with two attached hydrogens (primary N) is 1. The minimum absolute atomic E-state index is 0.00150. The van der Waals surface area contributed by atoms with Crippen molar-refractivity contribution in [2.45, 2.75) is 45.6 Å². The molecule has 1 aromatic carbocycles. The Bertz CT molecular complexity index is 1440. The van der Waals surface area contributed by atoms with Crippen molar-refractivity contribution in [1.82, 2.24) is 24.0 Å². The second-order valence-corrected chi connectivity index (χ2v) is 9.19. The molecule has 1 saturated heterocycles. The number of nitrogens with zero attached hydrogens (tertiary/aromatic N) is 5. The van der Waals surface area contributed by atoms with Crippen LogP contribution in [0.15, 0.2) is 30.3 Å². The number of hydrogen-bond donors (Lipinski definition) is 1. The Labute approximate surface area is 208 Å². The Kier molecular flexibility index (Phi) is 6.29. The van der Waals surface area contributed by atoms with Crippen molar-refractivity contribution in [3.05, 3.63) is 35.9 Å². The fraction of sp³-hybridized carbons (Fsp3) is 0.423. The van der Waals surface area contributed by atoms with E-state index >= 15 is 0 Å². The van der Waals surface area contributed by atoms with Crippen molar-refractivity contribution < 1.29 is 18.7 Å². The fourth-order valence-electron chi connectivity index (χ4n) is 5.04. The molecule has 3 aromatic heterocycles. The summed E-state index contributed by atoms with van der Waals surface area (Å²) in [5.74, 6) is 1.43. The number of aryl methyl sites for hydroxylation is 2. The lowest BCUT2D eigenvalue weighted by molar-refractivity contribution is 0.0708. The number of pyridine rings is 1. The van der Waals surface area contributed by atoms with Crippen LogP contribution < -0.4 is 15.2 Å². The molecule has 1 fully saturated rings. The number of rotatable bonds is 6. The molecule has 0 bridgehead atoms. The zero-order valence-corrected chi connectivity index (χ0v) is 21.0. The van der Waals surface area contributed by atoms with Crippen LogP contribution in [0.5, 0.6) is 11.6 Å². The number of imidazole rings is 1. The minimum Gasteiger partial charge on any atom is -0.494 e. The molecule has 4 aromatic rings. The van der Waals surface area contributed by atoms with Gasteiger partial charge in [-0.25, -0.2) is 9.37 Å². The smallest absolute Gasteiger partial charge is 0.254 e. The molecule has 2 unspecified atom stereocenters. The van der Waals surface area contributed by atoms with Crippen LogP contribution in [0.2, 0.25) is 0 Å². The van der Waals surface area contributed by atoms with Crippen molar-refractivity contribution in [3.63, 3.8) is 0 Å². The number of ether oxygens (including phenoxy) is 2. The van der Waals surface area contributed by atoms with Crippen LogP contribution in [0.3, 0.4) is 0 Å². The van der Waals surface area contributed by atoms with Crippen LogP contribution in [0, 0.1) is 0 Å². The number of likely N-dealkylation sites (tertiary alicyclic amines) is 1. The van der Waals surface area contributed by atoms with Gasteiger partial charge in [-0.05, 0) is 44.0 Å². The van der Waals surface area contributed by atoms with Crippen molar-refractivity contribution in [3.8, 4) is 23.1 Å². The van der Waals surface area contributed by atoms with Crippen LogP contribution >= 0.6 is 0 Å². The molecule has 1 amide bonds. The van der Waals surface area contributed by atoms with Gasteiger partial charge in [-0.15, -0.1) is 0 Å². The van der Waals surface area contributed by atoms with E-state index in [0.29, 0.717) is 47.9 Å². The highest BCUT2D eigenvalue weighted by atomic mass is 19.1. The molecule has 4 heterocycles. The summed E-state index contributed by atoms with van der Waals surface area (Å²) >= 11 is 0. The fourth-order valence-corrected chi connectivity index (χ4v) is 5.04. The van der Waals surface area contributed by atoms with Gasteiger partial charge in [-0.2, -0.15) is 4.98 Å². The lowest BCUT2D eigenvalue weighted by Crippen LogP contribution is -2.45. The summed E-state index contributed by atoms with van der Waals surface area (Å²) in [5, 5.41) is 0.891. The molecule has 5 rings (SSSR count). The minimum atomic E-state index is -1.45. The zero-order valence-electron chi connectivity index (χ0n) is 21.0. The highest BCUT2D eigenvalue weighted by Gasteiger charge is 2.25. The molecule has 2 N–H and O–H groups in total. The van der Waals surface area contributed by atoms with Gasteiger partial charge in [0.25, 0.3) is 5.91 Å². The van der Waals surface area contributed by atoms with Gasteiger partial charge in [0.1, 0.15) is 16.9 Å². The topological polar surface area (TPSA) is 100 Å². The van der Waals surface area contributed by atoms with Crippen LogP contribution in [0.4, 0.5) is 4.39 Å². The number of aromatic nitrogens is 4. The lowest BCUT2D eigenvalue weighted by Gasteiger charge is -2.30. The van der Waals surface area contributed by atoms with Crippen molar-refractivity contribution in [2.24, 2.45) is 12.8 Å². The normalized spacial score (nSPS) is 17.1. The molecule has 2 atom stereocenters. The maximum Gasteiger partial charge on any atom is 0.254 e. The second-order valence-electron chi connectivity index (χ2n) is 9.19. The zero-order chi connectivity index (χ0) is 25.6. The van der Waals surface area contributed by atoms with E-state index in [4.69, 9.17) is 20.2 Å². The number of methoxy groups -OCH3 is 1. The number of piperidine rings is 1. The first-order valence-corrected chi connectivity index (χ1v) is 12.2. The van der Waals surface area contributed by atoms with Crippen molar-refractivity contribution >= 4 is 28.0 Å². The van der Waals surface area contributed by atoms with E-state index in [9.17, 15) is 9.18 Å². The van der Waals surface area contributed by atoms with Gasteiger partial charge >= 0.3 is 0 Å². The molecule has 0 spiro atoms. The monoisotopic (exact) mass is 494 g/mol. The van der Waals surface area contributed by atoms with Crippen LogP contribution in [0.25, 0.3) is 33.6 Å². The number of fused-ring (bicyclic) bond motifs is 2. The van der Waals surface area contributed by atoms with Crippen molar-refractivity contribution in [2.75, 3.05) is 20.2 Å². The van der Waals surface area contributed by atoms with Gasteiger partial charge < -0.3 is 29.2 Å². The summed E-state index contributed by atoms with van der Waals surface area (Å²) in [5.41, 5.74) is 9.60. The number of carbonyl (C=O) groups is 1. The Morgan fingerprint density at radius 2 is 2.08 bits per heavy atom. The van der Waals surface area contributed by atoms with Gasteiger partial charge in [-0.1, -0.05) is 0 Å². The summed E-state index contributed by atoms with van der Waals surface area (Å²) < 4.78 is 28.2. The third kappa shape index (κ3) is 4.15. The second kappa shape index (κ2) is 9.42. The molecule has 0 radical (unpaired) electrons. The van der Waals surface area contributed by atoms with E-state index in [1.165, 1.54) is 6.92 Å². The molecular weight excluding hydrogens is 463 g/mol. The number of alkyl halides is 1. The highest BCUT2D eigenvalue weighted by Crippen LogP contribution is 2.34. The summed E-state index contributed by atoms with van der Waals surface area (Å²) in [6.07, 6.45) is 0.368. The average molecular weight is 495 g/mol. The molecule has 36 heavy (non-hydrogen) atoms. The Morgan fingerprint density at radius 3 is 2.78 bits per heavy atom. The first-order valence-electron chi connectivity index (χ1n) is 12.2. The molecule has 9 nitrogen and oxygen atoms in total. The van der Waals surface area contributed by atoms with E-state index in [1.807, 2.05) is 41.3 Å². The summed E-state index contributed by atoms with van der Waals surface area (Å²) in [4.78, 5) is 24.5. The summed E-state index contributed by atoms with van der Waals surface area (Å²) in [7, 11) is 3.51. The Hall–Kier alpha value is -3.66. The van der Waals surface area contributed by atoms with Gasteiger partial charge in [-0.3, -0.25) is 4.79 Å². The van der Waals surface area contributed by atoms with Crippen LogP contribution in [0.1, 0.15) is 37.0 Å². The third-order valence-electron chi connectivity index (χ3n) is 6.69. The lowest BCUT2D eigenvalue weighted by atomic mass is 10.0. The average Bonchev–Trinajstić information content (AvgIpc) is 3.39. The van der Waals surface area contributed by atoms with Gasteiger partial charge in [0.15, 0.2) is 5.82 Å². The molecule has 10 heteroatoms. The molecule has 190 valence electrons. The van der Waals surface area contributed by atoms with E-state index < -0.39 is 6.36 Å². The maximum atomic E-state index is 13.4.